The molecule has 1 fully saturated rings. The van der Waals surface area contributed by atoms with Gasteiger partial charge in [0.15, 0.2) is 0 Å². The molecule has 8 heteroatoms. The molecule has 2 atom stereocenters. The normalized spacial score (nSPS) is 16.6. The number of aromatic nitrogens is 2. The van der Waals surface area contributed by atoms with Crippen LogP contribution in [0.5, 0.6) is 0 Å². The van der Waals surface area contributed by atoms with Gasteiger partial charge in [0.1, 0.15) is 0 Å². The molecule has 0 saturated carbocycles. The summed E-state index contributed by atoms with van der Waals surface area (Å²) >= 11 is 12.3. The van der Waals surface area contributed by atoms with Crippen molar-refractivity contribution >= 4 is 56.8 Å². The smallest absolute Gasteiger partial charge is 0.254 e. The highest BCUT2D eigenvalue weighted by molar-refractivity contribution is 6.31. The molecule has 7 rings (SSSR count). The highest BCUT2D eigenvalue weighted by Crippen LogP contribution is 2.31. The van der Waals surface area contributed by atoms with Gasteiger partial charge in [-0.05, 0) is 62.4 Å². The number of carbonyl (C=O) groups is 2. The monoisotopic (exact) mass is 644 g/mol. The summed E-state index contributed by atoms with van der Waals surface area (Å²) in [6.07, 6.45) is 0. The van der Waals surface area contributed by atoms with Gasteiger partial charge in [-0.25, -0.2) is 9.97 Å². The second-order valence-corrected chi connectivity index (χ2v) is 12.6. The molecule has 0 spiro atoms. The van der Waals surface area contributed by atoms with Crippen molar-refractivity contribution in [2.45, 2.75) is 25.9 Å². The lowest BCUT2D eigenvalue weighted by atomic mass is 9.99. The number of fused-ring (bicyclic) bond motifs is 2. The lowest BCUT2D eigenvalue weighted by Gasteiger charge is -2.44. The number of hydrogen-bond acceptors (Lipinski definition) is 4. The molecule has 0 radical (unpaired) electrons. The zero-order valence-electron chi connectivity index (χ0n) is 25.3. The third-order valence-corrected chi connectivity index (χ3v) is 9.18. The Morgan fingerprint density at radius 1 is 0.587 bits per heavy atom. The molecule has 1 saturated heterocycles. The maximum absolute atomic E-state index is 14.3. The number of rotatable bonds is 4. The maximum Gasteiger partial charge on any atom is 0.254 e. The number of halogens is 2. The molecule has 6 nitrogen and oxygen atoms in total. The van der Waals surface area contributed by atoms with Crippen molar-refractivity contribution in [1.82, 2.24) is 19.8 Å². The van der Waals surface area contributed by atoms with Crippen LogP contribution in [0, 0.1) is 0 Å². The lowest BCUT2D eigenvalue weighted by molar-refractivity contribution is 0.0272. The standard InChI is InChI=1S/C38H30Cl2N4O2/c1-23-21-44(38(46)32-20-36(26-13-17-28(40)18-14-26)42-34-10-6-4-8-30(32)34)24(2)22-43(23)37(45)31-19-35(25-11-15-27(39)16-12-25)41-33-9-5-3-7-29(31)33/h3-20,23-24H,21-22H2,1-2H3/t23-,24+. The molecule has 0 unspecified atom stereocenters. The Balaban J connectivity index is 1.20. The highest BCUT2D eigenvalue weighted by atomic mass is 35.5. The van der Waals surface area contributed by atoms with Crippen molar-refractivity contribution in [3.05, 3.63) is 130 Å². The third-order valence-electron chi connectivity index (χ3n) is 8.68. The van der Waals surface area contributed by atoms with Crippen LogP contribution >= 0.6 is 23.2 Å². The van der Waals surface area contributed by atoms with Crippen molar-refractivity contribution in [3.63, 3.8) is 0 Å². The Bertz CT molecular complexity index is 1960. The minimum absolute atomic E-state index is 0.0837. The van der Waals surface area contributed by atoms with Crippen LogP contribution in [0.2, 0.25) is 10.0 Å². The Kier molecular flexibility index (Phi) is 7.93. The molecule has 1 aliphatic rings. The van der Waals surface area contributed by atoms with Crippen molar-refractivity contribution in [2.24, 2.45) is 0 Å². The zero-order chi connectivity index (χ0) is 31.9. The second-order valence-electron chi connectivity index (χ2n) is 11.8. The molecule has 6 aromatic rings. The van der Waals surface area contributed by atoms with Gasteiger partial charge in [0, 0.05) is 57.1 Å². The molecule has 0 bridgehead atoms. The van der Waals surface area contributed by atoms with Crippen molar-refractivity contribution in [3.8, 4) is 22.5 Å². The van der Waals surface area contributed by atoms with Crippen LogP contribution in [0.25, 0.3) is 44.3 Å². The summed E-state index contributed by atoms with van der Waals surface area (Å²) in [5.41, 5.74) is 5.82. The van der Waals surface area contributed by atoms with Gasteiger partial charge in [-0.1, -0.05) is 83.9 Å². The molecule has 0 N–H and O–H groups in total. The summed E-state index contributed by atoms with van der Waals surface area (Å²) in [7, 11) is 0. The van der Waals surface area contributed by atoms with E-state index < -0.39 is 0 Å². The molecule has 228 valence electrons. The van der Waals surface area contributed by atoms with Crippen LogP contribution in [0.15, 0.2) is 109 Å². The van der Waals surface area contributed by atoms with Crippen molar-refractivity contribution in [2.75, 3.05) is 13.1 Å². The fourth-order valence-electron chi connectivity index (χ4n) is 6.24. The zero-order valence-corrected chi connectivity index (χ0v) is 26.8. The largest absolute Gasteiger partial charge is 0.332 e. The average molecular weight is 646 g/mol. The van der Waals surface area contributed by atoms with Crippen molar-refractivity contribution in [1.29, 1.82) is 0 Å². The summed E-state index contributed by atoms with van der Waals surface area (Å²) in [4.78, 5) is 42.1. The van der Waals surface area contributed by atoms with Crippen LogP contribution in [-0.2, 0) is 0 Å². The summed E-state index contributed by atoms with van der Waals surface area (Å²) < 4.78 is 0. The van der Waals surface area contributed by atoms with Crippen LogP contribution in [-0.4, -0.2) is 56.8 Å². The molecule has 2 aromatic heterocycles. The van der Waals surface area contributed by atoms with E-state index in [0.29, 0.717) is 45.6 Å². The SMILES string of the molecule is C[C@@H]1CN(C(=O)c2cc(-c3ccc(Cl)cc3)nc3ccccc23)[C@@H](C)CN1C(=O)c1cc(-c2ccc(Cl)cc2)nc2ccccc12. The maximum atomic E-state index is 14.3. The Labute approximate surface area is 277 Å². The van der Waals surface area contributed by atoms with E-state index in [0.717, 1.165) is 32.9 Å². The van der Waals surface area contributed by atoms with Gasteiger partial charge in [-0.15, -0.1) is 0 Å². The molecule has 3 heterocycles. The topological polar surface area (TPSA) is 66.4 Å². The van der Waals surface area contributed by atoms with Crippen LogP contribution < -0.4 is 0 Å². The fourth-order valence-corrected chi connectivity index (χ4v) is 6.50. The lowest BCUT2D eigenvalue weighted by Crippen LogP contribution is -2.59. The number of pyridine rings is 2. The second kappa shape index (κ2) is 12.2. The van der Waals surface area contributed by atoms with Gasteiger partial charge in [-0.3, -0.25) is 9.59 Å². The highest BCUT2D eigenvalue weighted by Gasteiger charge is 2.36. The summed E-state index contributed by atoms with van der Waals surface area (Å²) in [6.45, 7) is 4.78. The minimum atomic E-state index is -0.220. The van der Waals surface area contributed by atoms with E-state index in [1.165, 1.54) is 0 Å². The molecule has 0 aliphatic carbocycles. The van der Waals surface area contributed by atoms with Gasteiger partial charge in [0.25, 0.3) is 11.8 Å². The first-order valence-corrected chi connectivity index (χ1v) is 16.0. The van der Waals surface area contributed by atoms with Crippen LogP contribution in [0.4, 0.5) is 0 Å². The van der Waals surface area contributed by atoms with E-state index in [9.17, 15) is 9.59 Å². The first kappa shape index (κ1) is 29.9. The van der Waals surface area contributed by atoms with Gasteiger partial charge in [0.05, 0.1) is 33.5 Å². The van der Waals surface area contributed by atoms with Gasteiger partial charge >= 0.3 is 0 Å². The Morgan fingerprint density at radius 2 is 0.957 bits per heavy atom. The first-order valence-electron chi connectivity index (χ1n) is 15.2. The number of amides is 2. The van der Waals surface area contributed by atoms with Gasteiger partial charge in [-0.2, -0.15) is 0 Å². The number of hydrogen-bond donors (Lipinski definition) is 0. The van der Waals surface area contributed by atoms with Gasteiger partial charge < -0.3 is 9.80 Å². The minimum Gasteiger partial charge on any atom is -0.332 e. The predicted octanol–water partition coefficient (Wildman–Crippen LogP) is 8.80. The number of para-hydroxylation sites is 2. The Morgan fingerprint density at radius 3 is 1.35 bits per heavy atom. The van der Waals surface area contributed by atoms with E-state index in [1.807, 2.05) is 133 Å². The van der Waals surface area contributed by atoms with Gasteiger partial charge in [0.2, 0.25) is 0 Å². The van der Waals surface area contributed by atoms with Crippen LogP contribution in [0.1, 0.15) is 34.6 Å². The third kappa shape index (κ3) is 5.59. The predicted molar refractivity (Wildman–Crippen MR) is 185 cm³/mol. The number of nitrogens with zero attached hydrogens (tertiary/aromatic N) is 4. The van der Waals surface area contributed by atoms with E-state index in [4.69, 9.17) is 33.2 Å². The van der Waals surface area contributed by atoms with E-state index in [1.54, 1.807) is 0 Å². The molecule has 4 aromatic carbocycles. The molecular formula is C38H30Cl2N4O2. The summed E-state index contributed by atoms with van der Waals surface area (Å²) in [5, 5.41) is 2.86. The summed E-state index contributed by atoms with van der Waals surface area (Å²) in [5.74, 6) is -0.167. The fraction of sp³-hybridized carbons (Fsp3) is 0.158. The average Bonchev–Trinajstić information content (AvgIpc) is 3.08. The summed E-state index contributed by atoms with van der Waals surface area (Å²) in [6, 6.07) is 33.6. The van der Waals surface area contributed by atoms with E-state index in [2.05, 4.69) is 0 Å². The van der Waals surface area contributed by atoms with Crippen molar-refractivity contribution < 1.29 is 9.59 Å². The van der Waals surface area contributed by atoms with E-state index in [-0.39, 0.29) is 23.9 Å². The Hall–Kier alpha value is -4.78. The number of carbonyl (C=O) groups excluding carboxylic acids is 2. The van der Waals surface area contributed by atoms with Crippen LogP contribution in [0.3, 0.4) is 0 Å². The number of benzene rings is 4. The first-order chi connectivity index (χ1) is 22.3. The molecule has 46 heavy (non-hydrogen) atoms. The molecule has 1 aliphatic heterocycles. The van der Waals surface area contributed by atoms with E-state index >= 15 is 0 Å². The molecule has 2 amide bonds. The quantitative estimate of drug-likeness (QED) is 0.192. The molecular weight excluding hydrogens is 615 g/mol. The number of piperazine rings is 1.